The first kappa shape index (κ1) is 17.0. The molecule has 0 aliphatic carbocycles. The molecule has 0 amide bonds. The Morgan fingerprint density at radius 3 is 2.75 bits per heavy atom. The van der Waals surface area contributed by atoms with E-state index in [1.807, 2.05) is 36.5 Å². The monoisotopic (exact) mass is 344 g/mol. The summed E-state index contributed by atoms with van der Waals surface area (Å²) in [6.45, 7) is 0.357. The molecule has 1 unspecified atom stereocenters. The molecule has 0 spiro atoms. The highest BCUT2D eigenvalue weighted by atomic mass is 35.5. The van der Waals surface area contributed by atoms with Crippen molar-refractivity contribution in [3.63, 3.8) is 0 Å². The highest BCUT2D eigenvalue weighted by Gasteiger charge is 2.14. The third kappa shape index (κ3) is 3.97. The lowest BCUT2D eigenvalue weighted by Crippen LogP contribution is -2.37. The van der Waals surface area contributed by atoms with E-state index in [2.05, 4.69) is 16.4 Å². The number of para-hydroxylation sites is 1. The molecule has 0 fully saturated rings. The van der Waals surface area contributed by atoms with Crippen LogP contribution in [-0.4, -0.2) is 34.4 Å². The Morgan fingerprint density at radius 1 is 1.12 bits per heavy atom. The Morgan fingerprint density at radius 2 is 1.96 bits per heavy atom. The lowest BCUT2D eigenvalue weighted by atomic mass is 10.0. The number of H-pyrrole nitrogens is 1. The van der Waals surface area contributed by atoms with Gasteiger partial charge in [-0.3, -0.25) is 0 Å². The first-order valence-electron chi connectivity index (χ1n) is 8.00. The molecule has 3 aromatic rings. The second-order valence-corrected chi connectivity index (χ2v) is 6.36. The smallest absolute Gasteiger partial charge is 0.0915 e. The van der Waals surface area contributed by atoms with Crippen LogP contribution >= 0.6 is 11.6 Å². The zero-order valence-corrected chi connectivity index (χ0v) is 14.0. The number of aliphatic hydroxyl groups is 2. The minimum atomic E-state index is -0.666. The second-order valence-electron chi connectivity index (χ2n) is 5.92. The molecule has 2 aromatic carbocycles. The van der Waals surface area contributed by atoms with Gasteiger partial charge in [0.05, 0.1) is 12.7 Å². The summed E-state index contributed by atoms with van der Waals surface area (Å²) in [6, 6.07) is 15.1. The van der Waals surface area contributed by atoms with Gasteiger partial charge >= 0.3 is 0 Å². The largest absolute Gasteiger partial charge is 0.395 e. The van der Waals surface area contributed by atoms with Crippen molar-refractivity contribution in [1.29, 1.82) is 0 Å². The number of halogens is 1. The van der Waals surface area contributed by atoms with Crippen LogP contribution in [0.1, 0.15) is 17.2 Å². The molecule has 24 heavy (non-hydrogen) atoms. The van der Waals surface area contributed by atoms with Crippen molar-refractivity contribution < 1.29 is 10.2 Å². The normalized spacial score (nSPS) is 14.0. The summed E-state index contributed by atoms with van der Waals surface area (Å²) in [6.07, 6.45) is 1.99. The predicted octanol–water partition coefficient (Wildman–Crippen LogP) is 3.05. The summed E-state index contributed by atoms with van der Waals surface area (Å²) < 4.78 is 0. The van der Waals surface area contributed by atoms with Crippen LogP contribution in [-0.2, 0) is 6.42 Å². The summed E-state index contributed by atoms with van der Waals surface area (Å²) in [7, 11) is 0. The SMILES string of the molecule is OC[C@H](Cc1c[nH]c2ccccc12)NCC(O)c1cccc(Cl)c1. The molecule has 0 aliphatic rings. The molecular weight excluding hydrogens is 324 g/mol. The van der Waals surface area contributed by atoms with E-state index in [9.17, 15) is 10.2 Å². The van der Waals surface area contributed by atoms with Crippen molar-refractivity contribution in [2.24, 2.45) is 0 Å². The molecule has 4 N–H and O–H groups in total. The minimum absolute atomic E-state index is 0.00176. The van der Waals surface area contributed by atoms with Crippen LogP contribution in [0.15, 0.2) is 54.7 Å². The molecule has 1 heterocycles. The van der Waals surface area contributed by atoms with E-state index in [0.717, 1.165) is 22.0 Å². The van der Waals surface area contributed by atoms with Crippen molar-refractivity contribution >= 4 is 22.5 Å². The standard InChI is InChI=1S/C19H21ClN2O2/c20-15-5-3-4-13(8-15)19(24)11-21-16(12-23)9-14-10-22-18-7-2-1-6-17(14)18/h1-8,10,16,19,21-24H,9,11-12H2/t16-,19?/m0/s1. The van der Waals surface area contributed by atoms with Crippen molar-refractivity contribution in [3.8, 4) is 0 Å². The average molecular weight is 345 g/mol. The Hall–Kier alpha value is -1.85. The third-order valence-electron chi connectivity index (χ3n) is 4.19. The molecular formula is C19H21ClN2O2. The van der Waals surface area contributed by atoms with Crippen LogP contribution in [0.25, 0.3) is 10.9 Å². The van der Waals surface area contributed by atoms with Crippen molar-refractivity contribution in [3.05, 3.63) is 70.9 Å². The summed E-state index contributed by atoms with van der Waals surface area (Å²) in [5.74, 6) is 0. The fourth-order valence-corrected chi connectivity index (χ4v) is 3.08. The first-order valence-corrected chi connectivity index (χ1v) is 8.38. The van der Waals surface area contributed by atoms with Crippen molar-refractivity contribution in [2.75, 3.05) is 13.2 Å². The number of nitrogens with one attached hydrogen (secondary N) is 2. The van der Waals surface area contributed by atoms with E-state index in [1.165, 1.54) is 0 Å². The highest BCUT2D eigenvalue weighted by molar-refractivity contribution is 6.30. The molecule has 0 saturated heterocycles. The quantitative estimate of drug-likeness (QED) is 0.532. The predicted molar refractivity (Wildman–Crippen MR) is 97.3 cm³/mol. The molecule has 0 radical (unpaired) electrons. The van der Waals surface area contributed by atoms with Crippen molar-refractivity contribution in [2.45, 2.75) is 18.6 Å². The molecule has 3 rings (SSSR count). The summed E-state index contributed by atoms with van der Waals surface area (Å²) in [5, 5.41) is 24.9. The number of fused-ring (bicyclic) bond motifs is 1. The summed E-state index contributed by atoms with van der Waals surface area (Å²) in [5.41, 5.74) is 3.00. The van der Waals surface area contributed by atoms with Crippen LogP contribution in [0, 0.1) is 0 Å². The van der Waals surface area contributed by atoms with Crippen LogP contribution in [0.2, 0.25) is 5.02 Å². The fraction of sp³-hybridized carbons (Fsp3) is 0.263. The van der Waals surface area contributed by atoms with E-state index in [-0.39, 0.29) is 12.6 Å². The van der Waals surface area contributed by atoms with E-state index in [0.29, 0.717) is 18.0 Å². The maximum absolute atomic E-state index is 10.3. The van der Waals surface area contributed by atoms with E-state index in [4.69, 9.17) is 11.6 Å². The Balaban J connectivity index is 1.62. The Bertz CT molecular complexity index is 803. The van der Waals surface area contributed by atoms with Gasteiger partial charge in [-0.05, 0) is 35.7 Å². The van der Waals surface area contributed by atoms with Gasteiger partial charge in [0.1, 0.15) is 0 Å². The Kier molecular flexibility index (Phi) is 5.53. The lowest BCUT2D eigenvalue weighted by molar-refractivity contribution is 0.158. The van der Waals surface area contributed by atoms with Gasteiger partial charge in [-0.25, -0.2) is 0 Å². The maximum atomic E-state index is 10.3. The van der Waals surface area contributed by atoms with Gasteiger partial charge in [0.25, 0.3) is 0 Å². The van der Waals surface area contributed by atoms with Gasteiger partial charge in [-0.2, -0.15) is 0 Å². The van der Waals surface area contributed by atoms with Gasteiger partial charge in [-0.15, -0.1) is 0 Å². The second kappa shape index (κ2) is 7.81. The zero-order chi connectivity index (χ0) is 16.9. The van der Waals surface area contributed by atoms with Crippen LogP contribution in [0.4, 0.5) is 0 Å². The number of aliphatic hydroxyl groups excluding tert-OH is 2. The number of aromatic nitrogens is 1. The fourth-order valence-electron chi connectivity index (χ4n) is 2.88. The van der Waals surface area contributed by atoms with E-state index < -0.39 is 6.10 Å². The van der Waals surface area contributed by atoms with Gasteiger partial charge < -0.3 is 20.5 Å². The molecule has 0 bridgehead atoms. The molecule has 0 aliphatic heterocycles. The van der Waals surface area contributed by atoms with Gasteiger partial charge in [-0.1, -0.05) is 41.9 Å². The molecule has 2 atom stereocenters. The van der Waals surface area contributed by atoms with Crippen LogP contribution in [0.5, 0.6) is 0 Å². The Labute approximate surface area is 146 Å². The lowest BCUT2D eigenvalue weighted by Gasteiger charge is -2.19. The van der Waals surface area contributed by atoms with Crippen LogP contribution < -0.4 is 5.32 Å². The van der Waals surface area contributed by atoms with Gasteiger partial charge in [0.2, 0.25) is 0 Å². The summed E-state index contributed by atoms with van der Waals surface area (Å²) in [4.78, 5) is 3.24. The van der Waals surface area contributed by atoms with E-state index >= 15 is 0 Å². The van der Waals surface area contributed by atoms with Crippen LogP contribution in [0.3, 0.4) is 0 Å². The molecule has 126 valence electrons. The molecule has 5 heteroatoms. The van der Waals surface area contributed by atoms with Crippen molar-refractivity contribution in [1.82, 2.24) is 10.3 Å². The number of benzene rings is 2. The average Bonchev–Trinajstić information content (AvgIpc) is 3.01. The van der Waals surface area contributed by atoms with E-state index in [1.54, 1.807) is 12.1 Å². The molecule has 1 aromatic heterocycles. The number of hydrogen-bond donors (Lipinski definition) is 4. The zero-order valence-electron chi connectivity index (χ0n) is 13.2. The van der Waals surface area contributed by atoms with Gasteiger partial charge in [0.15, 0.2) is 0 Å². The molecule has 0 saturated carbocycles. The number of hydrogen-bond acceptors (Lipinski definition) is 3. The number of rotatable bonds is 7. The minimum Gasteiger partial charge on any atom is -0.395 e. The third-order valence-corrected chi connectivity index (χ3v) is 4.43. The maximum Gasteiger partial charge on any atom is 0.0915 e. The topological polar surface area (TPSA) is 68.3 Å². The summed E-state index contributed by atoms with van der Waals surface area (Å²) >= 11 is 5.95. The number of aromatic amines is 1. The first-order chi connectivity index (χ1) is 11.7. The van der Waals surface area contributed by atoms with Gasteiger partial charge in [0, 0.05) is 34.7 Å². The molecule has 4 nitrogen and oxygen atoms in total. The highest BCUT2D eigenvalue weighted by Crippen LogP contribution is 2.20.